The molecule has 6 aromatic carbocycles. The number of rotatable bonds is 2. The van der Waals surface area contributed by atoms with Crippen LogP contribution in [0.2, 0.25) is 0 Å². The summed E-state index contributed by atoms with van der Waals surface area (Å²) < 4.78 is 13.3. The monoisotopic (exact) mass is 851 g/mol. The topological polar surface area (TPSA) is 55.7 Å². The van der Waals surface area contributed by atoms with E-state index in [0.29, 0.717) is 0 Å². The second-order valence-electron chi connectivity index (χ2n) is 11.5. The average molecular weight is 851 g/mol. The van der Waals surface area contributed by atoms with Crippen LogP contribution in [0.5, 0.6) is 0 Å². The minimum atomic E-state index is -1.23. The fraction of sp³-hybridized carbons (Fsp3) is 0. The molecule has 0 saturated heterocycles. The molecule has 0 spiro atoms. The molecule has 1 unspecified atom stereocenters. The number of aromatic nitrogens is 3. The van der Waals surface area contributed by atoms with E-state index in [9.17, 15) is 4.21 Å². The van der Waals surface area contributed by atoms with Gasteiger partial charge in [-0.3, -0.25) is 4.21 Å². The summed E-state index contributed by atoms with van der Waals surface area (Å²) in [5, 5.41) is 6.77. The van der Waals surface area contributed by atoms with E-state index in [-0.39, 0.29) is 20.1 Å². The summed E-state index contributed by atoms with van der Waals surface area (Å²) in [5.41, 5.74) is 5.75. The van der Waals surface area contributed by atoms with Crippen molar-refractivity contribution in [2.24, 2.45) is 0 Å². The van der Waals surface area contributed by atoms with Crippen molar-refractivity contribution in [3.05, 3.63) is 188 Å². The molecule has 0 N–H and O–H groups in total. The van der Waals surface area contributed by atoms with E-state index < -0.39 is 10.8 Å². The molecule has 4 heterocycles. The predicted molar refractivity (Wildman–Crippen MR) is 203 cm³/mol. The van der Waals surface area contributed by atoms with Gasteiger partial charge in [0, 0.05) is 34.3 Å². The third-order valence-corrected chi connectivity index (χ3v) is 9.95. The predicted octanol–water partition coefficient (Wildman–Crippen LogP) is 10.6. The van der Waals surface area contributed by atoms with Crippen molar-refractivity contribution in [2.45, 2.75) is 9.79 Å². The molecule has 4 nitrogen and oxygen atoms in total. The van der Waals surface area contributed by atoms with Crippen LogP contribution in [0.1, 0.15) is 0 Å². The largest absolute Gasteiger partial charge is 3.00 e. The Bertz CT molecular complexity index is 2450. The first-order chi connectivity index (χ1) is 24.8. The molecule has 1 aliphatic heterocycles. The van der Waals surface area contributed by atoms with Gasteiger partial charge >= 0.3 is 20.1 Å². The van der Waals surface area contributed by atoms with Gasteiger partial charge in [0.1, 0.15) is 0 Å². The van der Waals surface area contributed by atoms with Gasteiger partial charge in [-0.2, -0.15) is 0 Å². The van der Waals surface area contributed by atoms with Crippen LogP contribution >= 0.6 is 0 Å². The first-order valence-electron chi connectivity index (χ1n) is 16.2. The summed E-state index contributed by atoms with van der Waals surface area (Å²) in [6.45, 7) is 0. The Morgan fingerprint density at radius 3 is 1.76 bits per heavy atom. The molecule has 244 valence electrons. The number of benzene rings is 6. The van der Waals surface area contributed by atoms with Gasteiger partial charge in [-0.15, -0.1) is 102 Å². The van der Waals surface area contributed by atoms with Crippen LogP contribution in [0.3, 0.4) is 0 Å². The maximum absolute atomic E-state index is 13.3. The zero-order valence-corrected chi connectivity index (χ0v) is 30.4. The van der Waals surface area contributed by atoms with Crippen LogP contribution in [0.4, 0.5) is 0 Å². The number of fused-ring (bicyclic) bond motifs is 6. The van der Waals surface area contributed by atoms with Gasteiger partial charge in [0.25, 0.3) is 0 Å². The van der Waals surface area contributed by atoms with Crippen LogP contribution in [0, 0.1) is 18.2 Å². The quantitative estimate of drug-likeness (QED) is 0.128. The fourth-order valence-electron chi connectivity index (χ4n) is 6.19. The van der Waals surface area contributed by atoms with E-state index >= 15 is 0 Å². The smallest absolute Gasteiger partial charge is 0.305 e. The number of nitrogens with zero attached hydrogens (tertiary/aromatic N) is 3. The molecular formula is C45H28IrN3OS. The molecule has 0 bridgehead atoms. The fourth-order valence-corrected chi connectivity index (χ4v) is 7.59. The Labute approximate surface area is 312 Å². The summed E-state index contributed by atoms with van der Waals surface area (Å²) in [7, 11) is -1.23. The first kappa shape index (κ1) is 33.8. The van der Waals surface area contributed by atoms with Gasteiger partial charge in [-0.1, -0.05) is 60.7 Å². The Kier molecular flexibility index (Phi) is 10.3. The van der Waals surface area contributed by atoms with Gasteiger partial charge in [0.2, 0.25) is 0 Å². The van der Waals surface area contributed by atoms with Crippen molar-refractivity contribution in [1.29, 1.82) is 0 Å². The van der Waals surface area contributed by atoms with Crippen LogP contribution in [0.15, 0.2) is 180 Å². The minimum Gasteiger partial charge on any atom is -0.305 e. The molecule has 0 amide bonds. The van der Waals surface area contributed by atoms with Crippen LogP contribution in [-0.4, -0.2) is 19.2 Å². The normalized spacial score (nSPS) is 12.4. The molecule has 0 radical (unpaired) electrons. The summed E-state index contributed by atoms with van der Waals surface area (Å²) in [6.07, 6.45) is 5.42. The average Bonchev–Trinajstić information content (AvgIpc) is 3.21. The van der Waals surface area contributed by atoms with E-state index in [0.717, 1.165) is 59.7 Å². The maximum Gasteiger partial charge on any atom is 3.00 e. The van der Waals surface area contributed by atoms with Crippen molar-refractivity contribution >= 4 is 43.1 Å². The van der Waals surface area contributed by atoms with Crippen LogP contribution in [-0.2, 0) is 30.9 Å². The van der Waals surface area contributed by atoms with Crippen molar-refractivity contribution in [1.82, 2.24) is 15.0 Å². The Hall–Kier alpha value is -5.65. The Balaban J connectivity index is 0.000000136. The molecule has 10 rings (SSSR count). The SMILES string of the molecule is O=S1c2ccc[c-]c2-c2nccc3c2c1cc1c2ccccc2ccc31.[Ir+3].[c-]1ccccc1-c1ccccn1.[c-]1ccccc1-c1ccccn1. The third kappa shape index (κ3) is 6.90. The Morgan fingerprint density at radius 1 is 0.471 bits per heavy atom. The van der Waals surface area contributed by atoms with Gasteiger partial charge in [-0.05, 0) is 78.6 Å². The molecule has 3 aromatic heterocycles. The third-order valence-electron chi connectivity index (χ3n) is 8.49. The second kappa shape index (κ2) is 15.5. The van der Waals surface area contributed by atoms with Gasteiger partial charge in [0.05, 0.1) is 0 Å². The molecule has 9 aromatic rings. The van der Waals surface area contributed by atoms with Gasteiger partial charge in [0.15, 0.2) is 0 Å². The van der Waals surface area contributed by atoms with Crippen LogP contribution in [0.25, 0.3) is 66.1 Å². The molecule has 6 heteroatoms. The Morgan fingerprint density at radius 2 is 1.12 bits per heavy atom. The summed E-state index contributed by atoms with van der Waals surface area (Å²) in [6, 6.07) is 59.3. The van der Waals surface area contributed by atoms with Crippen molar-refractivity contribution < 1.29 is 24.3 Å². The van der Waals surface area contributed by atoms with E-state index in [1.54, 1.807) is 12.4 Å². The van der Waals surface area contributed by atoms with E-state index in [2.05, 4.69) is 69.5 Å². The number of hydrogen-bond acceptors (Lipinski definition) is 4. The molecule has 0 aliphatic carbocycles. The summed E-state index contributed by atoms with van der Waals surface area (Å²) >= 11 is 0. The molecule has 0 saturated carbocycles. The van der Waals surface area contributed by atoms with Crippen molar-refractivity contribution in [3.63, 3.8) is 0 Å². The number of hydrogen-bond donors (Lipinski definition) is 0. The van der Waals surface area contributed by atoms with Crippen molar-refractivity contribution in [2.75, 3.05) is 0 Å². The van der Waals surface area contributed by atoms with E-state index in [1.807, 2.05) is 121 Å². The molecular weight excluding hydrogens is 823 g/mol. The second-order valence-corrected chi connectivity index (χ2v) is 12.9. The van der Waals surface area contributed by atoms with E-state index in [1.165, 1.54) is 16.2 Å². The standard InChI is InChI=1S/C23H12NOS.2C11H8N.Ir/c25-26-20-8-4-3-7-18(20)23-22-17(11-12-24-23)16-10-9-14-5-1-2-6-15(14)19(16)13-21(22)26;2*1-2-6-10(7-3-1)11-8-4-5-9-12-11;/h1-6,8-13H;2*1-6,8-9H;/q3*-1;+3. The molecule has 1 aliphatic rings. The first-order valence-corrected chi connectivity index (χ1v) is 17.3. The van der Waals surface area contributed by atoms with Crippen molar-refractivity contribution in [3.8, 4) is 33.8 Å². The maximum atomic E-state index is 13.3. The van der Waals surface area contributed by atoms with E-state index in [4.69, 9.17) is 0 Å². The molecule has 51 heavy (non-hydrogen) atoms. The zero-order chi connectivity index (χ0) is 33.7. The van der Waals surface area contributed by atoms with Crippen LogP contribution < -0.4 is 0 Å². The number of pyridine rings is 3. The molecule has 0 fully saturated rings. The van der Waals surface area contributed by atoms with Gasteiger partial charge in [-0.25, -0.2) is 0 Å². The molecule has 1 atom stereocenters. The summed E-state index contributed by atoms with van der Waals surface area (Å²) in [5.74, 6) is 0. The minimum absolute atomic E-state index is 0. The zero-order valence-electron chi connectivity index (χ0n) is 27.2. The van der Waals surface area contributed by atoms with Gasteiger partial charge < -0.3 is 15.0 Å². The summed E-state index contributed by atoms with van der Waals surface area (Å²) in [4.78, 5) is 14.7.